The van der Waals surface area contributed by atoms with E-state index in [4.69, 9.17) is 0 Å². The quantitative estimate of drug-likeness (QED) is 0.850. The summed E-state index contributed by atoms with van der Waals surface area (Å²) in [5.41, 5.74) is 3.70. The lowest BCUT2D eigenvalue weighted by Gasteiger charge is -2.25. The molecule has 2 aliphatic rings. The Morgan fingerprint density at radius 1 is 1.04 bits per heavy atom. The number of nitrogens with one attached hydrogen (secondary N) is 1. The topological polar surface area (TPSA) is 41.5 Å². The minimum absolute atomic E-state index is 0.00330. The molecular formula is C19H15FN2O. The fourth-order valence-corrected chi connectivity index (χ4v) is 3.21. The summed E-state index contributed by atoms with van der Waals surface area (Å²) in [6.07, 6.45) is 2.54. The molecule has 1 N–H and O–H groups in total. The molecule has 4 heteroatoms. The second kappa shape index (κ2) is 5.47. The van der Waals surface area contributed by atoms with Gasteiger partial charge < -0.3 is 5.32 Å². The van der Waals surface area contributed by atoms with Crippen molar-refractivity contribution >= 4 is 23.4 Å². The van der Waals surface area contributed by atoms with E-state index in [1.54, 1.807) is 18.3 Å². The zero-order valence-corrected chi connectivity index (χ0v) is 12.4. The number of carbonyl (C=O) groups is 1. The number of fused-ring (bicyclic) bond motifs is 1. The summed E-state index contributed by atoms with van der Waals surface area (Å²) in [4.78, 5) is 16.9. The van der Waals surface area contributed by atoms with Crippen molar-refractivity contribution in [2.24, 2.45) is 4.99 Å². The molecule has 0 bridgehead atoms. The van der Waals surface area contributed by atoms with E-state index in [1.165, 1.54) is 6.07 Å². The van der Waals surface area contributed by atoms with Crippen molar-refractivity contribution in [1.29, 1.82) is 0 Å². The Morgan fingerprint density at radius 2 is 1.83 bits per heavy atom. The van der Waals surface area contributed by atoms with Crippen molar-refractivity contribution in [3.8, 4) is 0 Å². The molecule has 1 atom stereocenters. The van der Waals surface area contributed by atoms with Crippen molar-refractivity contribution in [3.05, 3.63) is 71.2 Å². The van der Waals surface area contributed by atoms with E-state index in [-0.39, 0.29) is 17.5 Å². The Balaban J connectivity index is 1.72. The largest absolute Gasteiger partial charge is 0.356 e. The molecule has 0 radical (unpaired) electrons. The second-order valence-corrected chi connectivity index (χ2v) is 5.84. The van der Waals surface area contributed by atoms with Gasteiger partial charge >= 0.3 is 0 Å². The smallest absolute Gasteiger partial charge is 0.166 e. The zero-order chi connectivity index (χ0) is 15.8. The molecule has 0 fully saturated rings. The summed E-state index contributed by atoms with van der Waals surface area (Å²) in [5, 5.41) is 3.32. The van der Waals surface area contributed by atoms with E-state index in [1.807, 2.05) is 30.3 Å². The summed E-state index contributed by atoms with van der Waals surface area (Å²) in [6.45, 7) is 0. The molecule has 114 valence electrons. The monoisotopic (exact) mass is 306 g/mol. The maximum atomic E-state index is 14.1. The summed E-state index contributed by atoms with van der Waals surface area (Å²) in [5.74, 6) is -0.394. The average Bonchev–Trinajstić information content (AvgIpc) is 2.74. The van der Waals surface area contributed by atoms with Crippen LogP contribution >= 0.6 is 0 Å². The number of aliphatic imine (C=N–C) groups is 1. The lowest BCUT2D eigenvalue weighted by atomic mass is 9.82. The minimum Gasteiger partial charge on any atom is -0.356 e. The van der Waals surface area contributed by atoms with E-state index in [0.717, 1.165) is 17.1 Å². The third kappa shape index (κ3) is 2.46. The van der Waals surface area contributed by atoms with Crippen molar-refractivity contribution in [2.45, 2.75) is 18.8 Å². The van der Waals surface area contributed by atoms with Crippen LogP contribution in [0, 0.1) is 5.82 Å². The van der Waals surface area contributed by atoms with Gasteiger partial charge in [-0.15, -0.1) is 0 Å². The highest BCUT2D eigenvalue weighted by Crippen LogP contribution is 2.38. The summed E-state index contributed by atoms with van der Waals surface area (Å²) < 4.78 is 14.1. The first-order valence-electron chi connectivity index (χ1n) is 7.63. The van der Waals surface area contributed by atoms with Crippen LogP contribution < -0.4 is 5.32 Å². The summed E-state index contributed by atoms with van der Waals surface area (Å²) in [7, 11) is 0. The molecule has 1 unspecified atom stereocenters. The SMILES string of the molecule is O=C1CC(c2ccccc2F)CC2=C1C=Nc1ccccc1N2. The number of halogens is 1. The van der Waals surface area contributed by atoms with Crippen molar-refractivity contribution in [1.82, 2.24) is 0 Å². The second-order valence-electron chi connectivity index (χ2n) is 5.84. The number of hydrogen-bond acceptors (Lipinski definition) is 3. The van der Waals surface area contributed by atoms with Crippen molar-refractivity contribution in [2.75, 3.05) is 5.32 Å². The minimum atomic E-state index is -0.253. The molecule has 2 aromatic carbocycles. The lowest BCUT2D eigenvalue weighted by molar-refractivity contribution is -0.115. The van der Waals surface area contributed by atoms with Gasteiger partial charge in [-0.05, 0) is 36.1 Å². The highest BCUT2D eigenvalue weighted by molar-refractivity contribution is 6.16. The molecule has 1 aliphatic carbocycles. The Hall–Kier alpha value is -2.75. The fraction of sp³-hybridized carbons (Fsp3) is 0.158. The maximum Gasteiger partial charge on any atom is 0.166 e. The normalized spacial score (nSPS) is 19.7. The third-order valence-corrected chi connectivity index (χ3v) is 4.38. The van der Waals surface area contributed by atoms with E-state index < -0.39 is 0 Å². The number of nitrogens with zero attached hydrogens (tertiary/aromatic N) is 1. The number of carbonyl (C=O) groups excluding carboxylic acids is 1. The van der Waals surface area contributed by atoms with Crippen LogP contribution in [0.25, 0.3) is 0 Å². The third-order valence-electron chi connectivity index (χ3n) is 4.38. The molecule has 0 amide bonds. The molecule has 1 heterocycles. The van der Waals surface area contributed by atoms with Crippen LogP contribution in [-0.2, 0) is 4.79 Å². The van der Waals surface area contributed by atoms with Gasteiger partial charge in [-0.3, -0.25) is 9.79 Å². The van der Waals surface area contributed by atoms with Gasteiger partial charge in [0.15, 0.2) is 5.78 Å². The highest BCUT2D eigenvalue weighted by Gasteiger charge is 2.30. The number of rotatable bonds is 1. The Labute approximate surface area is 133 Å². The molecule has 0 spiro atoms. The van der Waals surface area contributed by atoms with Crippen LogP contribution in [0.4, 0.5) is 15.8 Å². The summed E-state index contributed by atoms with van der Waals surface area (Å²) >= 11 is 0. The molecule has 0 saturated carbocycles. The van der Waals surface area contributed by atoms with Gasteiger partial charge in [0.2, 0.25) is 0 Å². The van der Waals surface area contributed by atoms with Crippen molar-refractivity contribution in [3.63, 3.8) is 0 Å². The van der Waals surface area contributed by atoms with Crippen LogP contribution in [0.3, 0.4) is 0 Å². The molecule has 1 aliphatic heterocycles. The molecule has 2 aromatic rings. The summed E-state index contributed by atoms with van der Waals surface area (Å²) in [6, 6.07) is 14.3. The average molecular weight is 306 g/mol. The first-order chi connectivity index (χ1) is 11.2. The van der Waals surface area contributed by atoms with E-state index >= 15 is 0 Å². The number of anilines is 1. The van der Waals surface area contributed by atoms with Gasteiger partial charge in [-0.25, -0.2) is 4.39 Å². The van der Waals surface area contributed by atoms with Crippen LogP contribution in [0.15, 0.2) is 64.8 Å². The van der Waals surface area contributed by atoms with Gasteiger partial charge in [-0.2, -0.15) is 0 Å². The maximum absolute atomic E-state index is 14.1. The van der Waals surface area contributed by atoms with Crippen LogP contribution in [0.5, 0.6) is 0 Å². The molecule has 4 rings (SSSR count). The zero-order valence-electron chi connectivity index (χ0n) is 12.4. The Kier molecular flexibility index (Phi) is 3.30. The Bertz CT molecular complexity index is 854. The molecule has 0 aromatic heterocycles. The first kappa shape index (κ1) is 13.9. The van der Waals surface area contributed by atoms with E-state index in [9.17, 15) is 9.18 Å². The molecule has 0 saturated heterocycles. The van der Waals surface area contributed by atoms with Gasteiger partial charge in [0.25, 0.3) is 0 Å². The van der Waals surface area contributed by atoms with Gasteiger partial charge in [0, 0.05) is 18.3 Å². The molecule has 23 heavy (non-hydrogen) atoms. The predicted molar refractivity (Wildman–Crippen MR) is 88.6 cm³/mol. The van der Waals surface area contributed by atoms with Gasteiger partial charge in [0.1, 0.15) is 5.82 Å². The number of ketones is 1. The lowest BCUT2D eigenvalue weighted by Crippen LogP contribution is -2.22. The van der Waals surface area contributed by atoms with Gasteiger partial charge in [0.05, 0.1) is 16.9 Å². The molecule has 3 nitrogen and oxygen atoms in total. The Morgan fingerprint density at radius 3 is 2.70 bits per heavy atom. The highest BCUT2D eigenvalue weighted by atomic mass is 19.1. The van der Waals surface area contributed by atoms with Crippen LogP contribution in [-0.4, -0.2) is 12.0 Å². The van der Waals surface area contributed by atoms with Crippen LogP contribution in [0.1, 0.15) is 24.3 Å². The number of hydrogen-bond donors (Lipinski definition) is 1. The predicted octanol–water partition coefficient (Wildman–Crippen LogP) is 4.35. The van der Waals surface area contributed by atoms with Gasteiger partial charge in [-0.1, -0.05) is 30.3 Å². The van der Waals surface area contributed by atoms with E-state index in [2.05, 4.69) is 10.3 Å². The van der Waals surface area contributed by atoms with Crippen LogP contribution in [0.2, 0.25) is 0 Å². The fourth-order valence-electron chi connectivity index (χ4n) is 3.21. The first-order valence-corrected chi connectivity index (χ1v) is 7.63. The molecular weight excluding hydrogens is 291 g/mol. The standard InChI is InChI=1S/C19H15FN2O/c20-15-6-2-1-5-13(15)12-9-18-14(19(23)10-12)11-21-16-7-3-4-8-17(16)22-18/h1-8,11-12,22H,9-10H2. The van der Waals surface area contributed by atoms with E-state index in [0.29, 0.717) is 24.0 Å². The number of para-hydroxylation sites is 2. The number of allylic oxidation sites excluding steroid dienone is 2. The number of Topliss-reactive ketones (excluding diaryl/α,β-unsaturated/α-hetero) is 1. The van der Waals surface area contributed by atoms with Crippen molar-refractivity contribution < 1.29 is 9.18 Å². The number of benzene rings is 2.